The van der Waals surface area contributed by atoms with Crippen molar-refractivity contribution in [3.05, 3.63) is 40.7 Å². The summed E-state index contributed by atoms with van der Waals surface area (Å²) in [6.07, 6.45) is 1.01. The summed E-state index contributed by atoms with van der Waals surface area (Å²) < 4.78 is 3.02. The lowest BCUT2D eigenvalue weighted by atomic mass is 10.2. The van der Waals surface area contributed by atoms with E-state index in [0.29, 0.717) is 5.56 Å². The summed E-state index contributed by atoms with van der Waals surface area (Å²) in [5, 5.41) is 7.46. The van der Waals surface area contributed by atoms with Crippen LogP contribution >= 0.6 is 11.3 Å². The van der Waals surface area contributed by atoms with Gasteiger partial charge < -0.3 is 5.32 Å². The Morgan fingerprint density at radius 1 is 1.36 bits per heavy atom. The molecule has 2 aromatic heterocycles. The zero-order valence-corrected chi connectivity index (χ0v) is 13.7. The van der Waals surface area contributed by atoms with Gasteiger partial charge in [-0.15, -0.1) is 11.3 Å². The van der Waals surface area contributed by atoms with Crippen LogP contribution in [0, 0.1) is 13.8 Å². The zero-order valence-electron chi connectivity index (χ0n) is 12.9. The molecule has 1 amide bonds. The van der Waals surface area contributed by atoms with Crippen molar-refractivity contribution < 1.29 is 4.79 Å². The van der Waals surface area contributed by atoms with Crippen LogP contribution in [0.15, 0.2) is 23.7 Å². The van der Waals surface area contributed by atoms with Gasteiger partial charge in [0.25, 0.3) is 5.91 Å². The molecule has 3 rings (SSSR count). The molecule has 114 valence electrons. The van der Waals surface area contributed by atoms with Gasteiger partial charge in [-0.3, -0.25) is 9.48 Å². The number of nitrogens with one attached hydrogen (secondary N) is 1. The van der Waals surface area contributed by atoms with Gasteiger partial charge in [-0.25, -0.2) is 4.98 Å². The number of rotatable bonds is 4. The van der Waals surface area contributed by atoms with E-state index in [1.165, 1.54) is 0 Å². The van der Waals surface area contributed by atoms with Crippen molar-refractivity contribution in [2.45, 2.75) is 33.7 Å². The molecule has 22 heavy (non-hydrogen) atoms. The Hall–Kier alpha value is -2.21. The number of hydrogen-bond donors (Lipinski definition) is 1. The van der Waals surface area contributed by atoms with Gasteiger partial charge in [-0.05, 0) is 38.5 Å². The predicted octanol–water partition coefficient (Wildman–Crippen LogP) is 3.77. The minimum absolute atomic E-state index is 0.128. The number of fused-ring (bicyclic) bond motifs is 1. The SMILES string of the molecule is CCCn1nc(C)c(NC(=O)c2ccc3scnc3c2)c1C. The van der Waals surface area contributed by atoms with Crippen molar-refractivity contribution in [2.75, 3.05) is 5.32 Å². The molecule has 0 aliphatic rings. The van der Waals surface area contributed by atoms with Crippen LogP contribution in [0.25, 0.3) is 10.2 Å². The van der Waals surface area contributed by atoms with Crippen molar-refractivity contribution in [1.82, 2.24) is 14.8 Å². The average molecular weight is 314 g/mol. The number of aromatic nitrogens is 3. The number of nitrogens with zero attached hydrogens (tertiary/aromatic N) is 3. The molecular weight excluding hydrogens is 296 g/mol. The lowest BCUT2D eigenvalue weighted by Crippen LogP contribution is -2.13. The fourth-order valence-electron chi connectivity index (χ4n) is 2.49. The highest BCUT2D eigenvalue weighted by Gasteiger charge is 2.15. The number of thiazole rings is 1. The molecule has 2 heterocycles. The lowest BCUT2D eigenvalue weighted by Gasteiger charge is -2.06. The first-order valence-corrected chi connectivity index (χ1v) is 8.16. The first-order valence-electron chi connectivity index (χ1n) is 7.28. The molecule has 5 nitrogen and oxygen atoms in total. The molecule has 0 aliphatic heterocycles. The molecule has 0 atom stereocenters. The molecular formula is C16H18N4OS. The molecule has 3 aromatic rings. The zero-order chi connectivity index (χ0) is 15.7. The van der Waals surface area contributed by atoms with E-state index in [4.69, 9.17) is 0 Å². The number of aryl methyl sites for hydroxylation is 2. The second-order valence-electron chi connectivity index (χ2n) is 5.26. The van der Waals surface area contributed by atoms with E-state index in [1.807, 2.05) is 36.7 Å². The number of carbonyl (C=O) groups is 1. The Balaban J connectivity index is 1.87. The van der Waals surface area contributed by atoms with Crippen molar-refractivity contribution in [2.24, 2.45) is 0 Å². The molecule has 0 bridgehead atoms. The molecule has 0 aliphatic carbocycles. The fraction of sp³-hybridized carbons (Fsp3) is 0.312. The second-order valence-corrected chi connectivity index (χ2v) is 6.14. The smallest absolute Gasteiger partial charge is 0.255 e. The molecule has 0 fully saturated rings. The van der Waals surface area contributed by atoms with Crippen molar-refractivity contribution in [3.63, 3.8) is 0 Å². The molecule has 6 heteroatoms. The number of amides is 1. The number of carbonyl (C=O) groups excluding carboxylic acids is 1. The van der Waals surface area contributed by atoms with E-state index in [0.717, 1.165) is 40.3 Å². The predicted molar refractivity (Wildman–Crippen MR) is 89.6 cm³/mol. The Morgan fingerprint density at radius 3 is 2.95 bits per heavy atom. The van der Waals surface area contributed by atoms with Gasteiger partial charge in [0.05, 0.1) is 32.8 Å². The molecule has 0 spiro atoms. The Morgan fingerprint density at radius 2 is 2.18 bits per heavy atom. The summed E-state index contributed by atoms with van der Waals surface area (Å²) in [7, 11) is 0. The van der Waals surface area contributed by atoms with Crippen LogP contribution in [-0.4, -0.2) is 20.7 Å². The van der Waals surface area contributed by atoms with Gasteiger partial charge in [0.15, 0.2) is 0 Å². The van der Waals surface area contributed by atoms with Gasteiger partial charge in [-0.1, -0.05) is 6.92 Å². The topological polar surface area (TPSA) is 59.8 Å². The van der Waals surface area contributed by atoms with Crippen LogP contribution in [-0.2, 0) is 6.54 Å². The highest BCUT2D eigenvalue weighted by molar-refractivity contribution is 7.16. The molecule has 0 saturated carbocycles. The van der Waals surface area contributed by atoms with Gasteiger partial charge in [0.2, 0.25) is 0 Å². The first-order chi connectivity index (χ1) is 10.6. The van der Waals surface area contributed by atoms with Crippen LogP contribution in [0.3, 0.4) is 0 Å². The van der Waals surface area contributed by atoms with Crippen LogP contribution in [0.1, 0.15) is 35.1 Å². The third-order valence-corrected chi connectivity index (χ3v) is 4.46. The standard InChI is InChI=1S/C16H18N4OS/c1-4-7-20-11(3)15(10(2)19-20)18-16(21)12-5-6-14-13(8-12)17-9-22-14/h5-6,8-9H,4,7H2,1-3H3,(H,18,21). The van der Waals surface area contributed by atoms with Crippen LogP contribution in [0.2, 0.25) is 0 Å². The van der Waals surface area contributed by atoms with Crippen molar-refractivity contribution in [1.29, 1.82) is 0 Å². The largest absolute Gasteiger partial charge is 0.319 e. The second kappa shape index (κ2) is 5.88. The Labute approximate surface area is 133 Å². The highest BCUT2D eigenvalue weighted by Crippen LogP contribution is 2.22. The van der Waals surface area contributed by atoms with E-state index in [2.05, 4.69) is 22.3 Å². The molecule has 0 radical (unpaired) electrons. The monoisotopic (exact) mass is 314 g/mol. The maximum Gasteiger partial charge on any atom is 0.255 e. The Bertz CT molecular complexity index is 834. The summed E-state index contributed by atoms with van der Waals surface area (Å²) in [6, 6.07) is 5.58. The van der Waals surface area contributed by atoms with E-state index >= 15 is 0 Å². The summed E-state index contributed by atoms with van der Waals surface area (Å²) in [5.74, 6) is -0.128. The number of benzene rings is 1. The maximum atomic E-state index is 12.5. The minimum atomic E-state index is -0.128. The maximum absolute atomic E-state index is 12.5. The molecule has 1 N–H and O–H groups in total. The van der Waals surface area contributed by atoms with E-state index in [1.54, 1.807) is 16.8 Å². The van der Waals surface area contributed by atoms with Gasteiger partial charge in [-0.2, -0.15) is 5.10 Å². The van der Waals surface area contributed by atoms with Crippen molar-refractivity contribution in [3.8, 4) is 0 Å². The highest BCUT2D eigenvalue weighted by atomic mass is 32.1. The number of hydrogen-bond acceptors (Lipinski definition) is 4. The van der Waals surface area contributed by atoms with Crippen LogP contribution in [0.5, 0.6) is 0 Å². The summed E-state index contributed by atoms with van der Waals surface area (Å²) in [5.41, 5.74) is 5.89. The average Bonchev–Trinajstić information content (AvgIpc) is 3.07. The molecule has 0 saturated heterocycles. The molecule has 1 aromatic carbocycles. The third kappa shape index (κ3) is 2.62. The first kappa shape index (κ1) is 14.7. The van der Waals surface area contributed by atoms with Crippen LogP contribution in [0.4, 0.5) is 5.69 Å². The number of anilines is 1. The summed E-state index contributed by atoms with van der Waals surface area (Å²) in [4.78, 5) is 16.7. The minimum Gasteiger partial charge on any atom is -0.319 e. The fourth-order valence-corrected chi connectivity index (χ4v) is 3.15. The van der Waals surface area contributed by atoms with Crippen molar-refractivity contribution >= 4 is 33.1 Å². The lowest BCUT2D eigenvalue weighted by molar-refractivity contribution is 0.102. The van der Waals surface area contributed by atoms with Gasteiger partial charge in [0.1, 0.15) is 0 Å². The van der Waals surface area contributed by atoms with Gasteiger partial charge >= 0.3 is 0 Å². The summed E-state index contributed by atoms with van der Waals surface area (Å²) in [6.45, 7) is 6.86. The molecule has 0 unspecified atom stereocenters. The Kier molecular flexibility index (Phi) is 3.94. The van der Waals surface area contributed by atoms with E-state index in [-0.39, 0.29) is 5.91 Å². The van der Waals surface area contributed by atoms with Crippen LogP contribution < -0.4 is 5.32 Å². The van der Waals surface area contributed by atoms with E-state index in [9.17, 15) is 4.79 Å². The van der Waals surface area contributed by atoms with Gasteiger partial charge in [0, 0.05) is 12.1 Å². The normalized spacial score (nSPS) is 11.0. The van der Waals surface area contributed by atoms with E-state index < -0.39 is 0 Å². The third-order valence-electron chi connectivity index (χ3n) is 3.65. The quantitative estimate of drug-likeness (QED) is 0.797. The summed E-state index contributed by atoms with van der Waals surface area (Å²) >= 11 is 1.57.